The van der Waals surface area contributed by atoms with Gasteiger partial charge in [-0.15, -0.1) is 0 Å². The van der Waals surface area contributed by atoms with Gasteiger partial charge >= 0.3 is 5.97 Å². The third-order valence-electron chi connectivity index (χ3n) is 6.99. The lowest BCUT2D eigenvalue weighted by Gasteiger charge is -2.68. The average Bonchev–Trinajstić information content (AvgIpc) is 2.75. The standard InChI is InChI=1S/C25H27N3O4/c1-31-17-7-6-16(21(10-17)32-2)11-27-22-19-4-3-5-20(18(19)8-9-26-22)28-15-24-12-25(13-24,14-24)23(29)30/h3-10,28H,11-15H2,1-2H3,(H,26,27)(H,29,30). The van der Waals surface area contributed by atoms with Crippen molar-refractivity contribution < 1.29 is 19.4 Å². The molecule has 3 aliphatic rings. The molecule has 2 bridgehead atoms. The van der Waals surface area contributed by atoms with Gasteiger partial charge in [-0.25, -0.2) is 4.98 Å². The number of fused-ring (bicyclic) bond motifs is 1. The highest BCUT2D eigenvalue weighted by atomic mass is 16.5. The maximum absolute atomic E-state index is 11.4. The molecule has 7 nitrogen and oxygen atoms in total. The summed E-state index contributed by atoms with van der Waals surface area (Å²) < 4.78 is 10.8. The van der Waals surface area contributed by atoms with Crippen molar-refractivity contribution in [3.05, 3.63) is 54.2 Å². The summed E-state index contributed by atoms with van der Waals surface area (Å²) in [6, 6.07) is 13.9. The number of carboxylic acids is 1. The maximum Gasteiger partial charge on any atom is 0.309 e. The fraction of sp³-hybridized carbons (Fsp3) is 0.360. The van der Waals surface area contributed by atoms with Crippen LogP contribution in [0.25, 0.3) is 10.8 Å². The Hall–Kier alpha value is -3.48. The van der Waals surface area contributed by atoms with Crippen molar-refractivity contribution in [1.29, 1.82) is 0 Å². The monoisotopic (exact) mass is 433 g/mol. The summed E-state index contributed by atoms with van der Waals surface area (Å²) in [5.74, 6) is 1.68. The summed E-state index contributed by atoms with van der Waals surface area (Å²) >= 11 is 0. The van der Waals surface area contributed by atoms with Gasteiger partial charge in [-0.3, -0.25) is 4.79 Å². The molecule has 0 radical (unpaired) electrons. The molecular weight excluding hydrogens is 406 g/mol. The number of nitrogens with zero attached hydrogens (tertiary/aromatic N) is 1. The largest absolute Gasteiger partial charge is 0.497 e. The minimum Gasteiger partial charge on any atom is -0.497 e. The van der Waals surface area contributed by atoms with Crippen molar-refractivity contribution in [2.24, 2.45) is 10.8 Å². The first kappa shape index (κ1) is 20.4. The molecule has 7 heteroatoms. The molecule has 166 valence electrons. The Bertz CT molecular complexity index is 1170. The van der Waals surface area contributed by atoms with E-state index in [1.165, 1.54) is 0 Å². The Labute approximate surface area is 186 Å². The Kier molecular flexibility index (Phi) is 4.84. The van der Waals surface area contributed by atoms with E-state index in [0.29, 0.717) is 6.54 Å². The van der Waals surface area contributed by atoms with E-state index in [-0.39, 0.29) is 5.41 Å². The second-order valence-electron chi connectivity index (χ2n) is 9.06. The average molecular weight is 434 g/mol. The summed E-state index contributed by atoms with van der Waals surface area (Å²) in [6.07, 6.45) is 4.16. The fourth-order valence-electron chi connectivity index (χ4n) is 5.37. The highest BCUT2D eigenvalue weighted by molar-refractivity contribution is 6.00. The molecule has 1 aromatic heterocycles. The zero-order valence-corrected chi connectivity index (χ0v) is 18.3. The van der Waals surface area contributed by atoms with Crippen LogP contribution in [-0.4, -0.2) is 36.8 Å². The molecule has 0 aliphatic heterocycles. The van der Waals surface area contributed by atoms with E-state index >= 15 is 0 Å². The predicted octanol–water partition coefficient (Wildman–Crippen LogP) is 4.53. The van der Waals surface area contributed by atoms with Gasteiger partial charge in [0.1, 0.15) is 17.3 Å². The normalized spacial score (nSPS) is 23.1. The number of hydrogen-bond acceptors (Lipinski definition) is 6. The van der Waals surface area contributed by atoms with Crippen LogP contribution in [0.1, 0.15) is 24.8 Å². The Morgan fingerprint density at radius 3 is 2.59 bits per heavy atom. The SMILES string of the molecule is COc1ccc(CNc2nccc3c(NCC45CC(C(=O)O)(C4)C5)cccc23)c(OC)c1. The second kappa shape index (κ2) is 7.58. The number of aromatic nitrogens is 1. The Balaban J connectivity index is 1.31. The summed E-state index contributed by atoms with van der Waals surface area (Å²) in [5, 5.41) is 18.5. The molecule has 0 saturated heterocycles. The van der Waals surface area contributed by atoms with Gasteiger partial charge in [0.2, 0.25) is 0 Å². The third kappa shape index (κ3) is 3.28. The smallest absolute Gasteiger partial charge is 0.309 e. The Morgan fingerprint density at radius 1 is 1.06 bits per heavy atom. The van der Waals surface area contributed by atoms with Crippen molar-refractivity contribution >= 4 is 28.2 Å². The van der Waals surface area contributed by atoms with Crippen LogP contribution < -0.4 is 20.1 Å². The molecule has 3 N–H and O–H groups in total. The van der Waals surface area contributed by atoms with Crippen LogP contribution in [0.15, 0.2) is 48.7 Å². The number of aliphatic carboxylic acids is 1. The summed E-state index contributed by atoms with van der Waals surface area (Å²) in [5.41, 5.74) is 1.75. The van der Waals surface area contributed by atoms with Crippen LogP contribution in [0.5, 0.6) is 11.5 Å². The maximum atomic E-state index is 11.4. The molecule has 32 heavy (non-hydrogen) atoms. The lowest BCUT2D eigenvalue weighted by atomic mass is 9.35. The molecular formula is C25H27N3O4. The van der Waals surface area contributed by atoms with Crippen LogP contribution in [0.3, 0.4) is 0 Å². The van der Waals surface area contributed by atoms with E-state index in [1.807, 2.05) is 36.5 Å². The fourth-order valence-corrected chi connectivity index (χ4v) is 5.37. The summed E-state index contributed by atoms with van der Waals surface area (Å²) in [7, 11) is 3.28. The van der Waals surface area contributed by atoms with E-state index in [9.17, 15) is 9.90 Å². The topological polar surface area (TPSA) is 92.7 Å². The molecule has 3 fully saturated rings. The second-order valence-corrected chi connectivity index (χ2v) is 9.06. The molecule has 3 aliphatic carbocycles. The number of carboxylic acid groups (broad SMARTS) is 1. The van der Waals surface area contributed by atoms with Crippen LogP contribution >= 0.6 is 0 Å². The van der Waals surface area contributed by atoms with Crippen LogP contribution in [-0.2, 0) is 11.3 Å². The van der Waals surface area contributed by atoms with Gasteiger partial charge in [-0.1, -0.05) is 12.1 Å². The number of benzene rings is 2. The molecule has 0 unspecified atom stereocenters. The van der Waals surface area contributed by atoms with Gasteiger partial charge < -0.3 is 25.2 Å². The first-order valence-electron chi connectivity index (χ1n) is 10.8. The van der Waals surface area contributed by atoms with E-state index < -0.39 is 11.4 Å². The number of anilines is 2. The molecule has 3 aromatic rings. The Morgan fingerprint density at radius 2 is 1.88 bits per heavy atom. The zero-order valence-electron chi connectivity index (χ0n) is 18.3. The molecule has 3 saturated carbocycles. The van der Waals surface area contributed by atoms with E-state index in [2.05, 4.69) is 27.8 Å². The first-order chi connectivity index (χ1) is 15.5. The van der Waals surface area contributed by atoms with E-state index in [0.717, 1.165) is 65.1 Å². The van der Waals surface area contributed by atoms with Crippen LogP contribution in [0.4, 0.5) is 11.5 Å². The quantitative estimate of drug-likeness (QED) is 0.456. The van der Waals surface area contributed by atoms with E-state index in [4.69, 9.17) is 9.47 Å². The summed E-state index contributed by atoms with van der Waals surface area (Å²) in [6.45, 7) is 1.37. The summed E-state index contributed by atoms with van der Waals surface area (Å²) in [4.78, 5) is 15.9. The number of ether oxygens (including phenoxy) is 2. The number of nitrogens with one attached hydrogen (secondary N) is 2. The highest BCUT2D eigenvalue weighted by Crippen LogP contribution is 2.73. The van der Waals surface area contributed by atoms with Crippen molar-refractivity contribution in [2.45, 2.75) is 25.8 Å². The molecule has 0 atom stereocenters. The number of carbonyl (C=O) groups is 1. The van der Waals surface area contributed by atoms with Gasteiger partial charge in [0, 0.05) is 47.4 Å². The molecule has 1 heterocycles. The van der Waals surface area contributed by atoms with Crippen LogP contribution in [0, 0.1) is 10.8 Å². The minimum atomic E-state index is -0.639. The van der Waals surface area contributed by atoms with Crippen molar-refractivity contribution in [1.82, 2.24) is 4.98 Å². The molecule has 0 amide bonds. The highest BCUT2D eigenvalue weighted by Gasteiger charge is 2.71. The number of hydrogen-bond donors (Lipinski definition) is 3. The van der Waals surface area contributed by atoms with E-state index in [1.54, 1.807) is 14.2 Å². The van der Waals surface area contributed by atoms with Crippen molar-refractivity contribution in [3.8, 4) is 11.5 Å². The molecule has 6 rings (SSSR count). The minimum absolute atomic E-state index is 0.138. The van der Waals surface area contributed by atoms with Crippen molar-refractivity contribution in [3.63, 3.8) is 0 Å². The van der Waals surface area contributed by atoms with Gasteiger partial charge in [0.25, 0.3) is 0 Å². The lowest BCUT2D eigenvalue weighted by Crippen LogP contribution is -2.67. The van der Waals surface area contributed by atoms with Gasteiger partial charge in [0.15, 0.2) is 0 Å². The van der Waals surface area contributed by atoms with Gasteiger partial charge in [-0.2, -0.15) is 0 Å². The molecule has 0 spiro atoms. The number of methoxy groups -OCH3 is 2. The molecule has 2 aromatic carbocycles. The predicted molar refractivity (Wildman–Crippen MR) is 123 cm³/mol. The zero-order chi connectivity index (χ0) is 22.3. The third-order valence-corrected chi connectivity index (χ3v) is 6.99. The lowest BCUT2D eigenvalue weighted by molar-refractivity contribution is -0.217. The van der Waals surface area contributed by atoms with Crippen molar-refractivity contribution in [2.75, 3.05) is 31.4 Å². The first-order valence-corrected chi connectivity index (χ1v) is 10.8. The van der Waals surface area contributed by atoms with Gasteiger partial charge in [0.05, 0.1) is 19.6 Å². The van der Waals surface area contributed by atoms with Crippen LogP contribution in [0.2, 0.25) is 0 Å². The van der Waals surface area contributed by atoms with Gasteiger partial charge in [-0.05, 0) is 48.9 Å². The number of pyridine rings is 1. The number of rotatable bonds is 9.